The van der Waals surface area contributed by atoms with E-state index in [-0.39, 0.29) is 0 Å². The molecule has 1 aliphatic heterocycles. The first-order chi connectivity index (χ1) is 6.14. The van der Waals surface area contributed by atoms with Gasteiger partial charge in [-0.05, 0) is 31.2 Å². The monoisotopic (exact) mass is 184 g/mol. The van der Waals surface area contributed by atoms with Crippen LogP contribution in [0, 0.1) is 11.3 Å². The lowest BCUT2D eigenvalue weighted by Gasteiger charge is -2.39. The summed E-state index contributed by atoms with van der Waals surface area (Å²) in [6, 6.07) is 0.413. The maximum atomic E-state index is 6.04. The first kappa shape index (κ1) is 11.0. The van der Waals surface area contributed by atoms with E-state index in [2.05, 4.69) is 18.9 Å². The second kappa shape index (κ2) is 3.97. The molecule has 2 nitrogen and oxygen atoms in total. The third-order valence-electron chi connectivity index (χ3n) is 3.61. The summed E-state index contributed by atoms with van der Waals surface area (Å²) < 4.78 is 0. The van der Waals surface area contributed by atoms with E-state index in [4.69, 9.17) is 5.73 Å². The second-order valence-electron chi connectivity index (χ2n) is 4.51. The molecular formula is C11H24N2. The molecule has 2 aliphatic rings. The first-order valence-corrected chi connectivity index (χ1v) is 5.58. The third-order valence-corrected chi connectivity index (χ3v) is 3.61. The molecule has 1 saturated heterocycles. The molecule has 0 amide bonds. The van der Waals surface area contributed by atoms with E-state index in [1.54, 1.807) is 0 Å². The molecule has 0 aromatic carbocycles. The fourth-order valence-corrected chi connectivity index (χ4v) is 2.49. The van der Waals surface area contributed by atoms with Gasteiger partial charge in [0, 0.05) is 19.1 Å². The van der Waals surface area contributed by atoms with Crippen molar-refractivity contribution in [3.8, 4) is 0 Å². The van der Waals surface area contributed by atoms with Gasteiger partial charge < -0.3 is 10.6 Å². The summed E-state index contributed by atoms with van der Waals surface area (Å²) in [7, 11) is 2.19. The standard InChI is InChI=1S/C9H18N2.C2H6/c1-7-8(10)5-11(2)6-9(7)3-4-9;1-2/h7-8H,3-6,10H2,1-2H3;1-2H3. The topological polar surface area (TPSA) is 29.3 Å². The fourth-order valence-electron chi connectivity index (χ4n) is 2.49. The van der Waals surface area contributed by atoms with Crippen LogP contribution in [-0.2, 0) is 0 Å². The van der Waals surface area contributed by atoms with Gasteiger partial charge in [-0.2, -0.15) is 0 Å². The maximum absolute atomic E-state index is 6.04. The van der Waals surface area contributed by atoms with Gasteiger partial charge in [-0.25, -0.2) is 0 Å². The van der Waals surface area contributed by atoms with Gasteiger partial charge >= 0.3 is 0 Å². The van der Waals surface area contributed by atoms with Crippen molar-refractivity contribution < 1.29 is 0 Å². The molecule has 2 unspecified atom stereocenters. The number of nitrogens with zero attached hydrogens (tertiary/aromatic N) is 1. The molecule has 1 saturated carbocycles. The van der Waals surface area contributed by atoms with Gasteiger partial charge in [0.15, 0.2) is 0 Å². The van der Waals surface area contributed by atoms with E-state index < -0.39 is 0 Å². The van der Waals surface area contributed by atoms with Crippen molar-refractivity contribution >= 4 is 0 Å². The number of hydrogen-bond acceptors (Lipinski definition) is 2. The Morgan fingerprint density at radius 2 is 1.85 bits per heavy atom. The lowest BCUT2D eigenvalue weighted by Crippen LogP contribution is -2.51. The average Bonchev–Trinajstić information content (AvgIpc) is 2.85. The van der Waals surface area contributed by atoms with Crippen molar-refractivity contribution in [1.82, 2.24) is 4.90 Å². The van der Waals surface area contributed by atoms with Crippen LogP contribution in [0.1, 0.15) is 33.6 Å². The molecule has 1 spiro atoms. The first-order valence-electron chi connectivity index (χ1n) is 5.58. The van der Waals surface area contributed by atoms with Gasteiger partial charge in [-0.15, -0.1) is 0 Å². The molecule has 2 heteroatoms. The summed E-state index contributed by atoms with van der Waals surface area (Å²) in [6.45, 7) is 8.69. The number of likely N-dealkylation sites (N-methyl/N-ethyl adjacent to an activating group) is 1. The molecule has 1 aliphatic carbocycles. The van der Waals surface area contributed by atoms with Crippen LogP contribution in [0.5, 0.6) is 0 Å². The van der Waals surface area contributed by atoms with Crippen molar-refractivity contribution in [2.45, 2.75) is 39.7 Å². The minimum absolute atomic E-state index is 0.413. The quantitative estimate of drug-likeness (QED) is 0.621. The van der Waals surface area contributed by atoms with Crippen LogP contribution in [0.3, 0.4) is 0 Å². The number of likely N-dealkylation sites (tertiary alicyclic amines) is 1. The van der Waals surface area contributed by atoms with E-state index in [0.29, 0.717) is 11.5 Å². The number of piperidine rings is 1. The predicted octanol–water partition coefficient (Wildman–Crippen LogP) is 1.70. The molecule has 0 aromatic heterocycles. The van der Waals surface area contributed by atoms with Crippen LogP contribution in [0.15, 0.2) is 0 Å². The molecular weight excluding hydrogens is 160 g/mol. The van der Waals surface area contributed by atoms with Crippen molar-refractivity contribution in [2.24, 2.45) is 17.1 Å². The maximum Gasteiger partial charge on any atom is 0.0199 e. The normalized spacial score (nSPS) is 36.7. The summed E-state index contributed by atoms with van der Waals surface area (Å²) in [5, 5.41) is 0. The highest BCUT2D eigenvalue weighted by molar-refractivity contribution is 5.05. The molecule has 2 N–H and O–H groups in total. The van der Waals surface area contributed by atoms with Crippen molar-refractivity contribution in [1.29, 1.82) is 0 Å². The number of nitrogens with two attached hydrogens (primary N) is 1. The van der Waals surface area contributed by atoms with Gasteiger partial charge in [-0.3, -0.25) is 0 Å². The van der Waals surface area contributed by atoms with Gasteiger partial charge in [0.2, 0.25) is 0 Å². The van der Waals surface area contributed by atoms with Crippen molar-refractivity contribution in [2.75, 3.05) is 20.1 Å². The van der Waals surface area contributed by atoms with Crippen molar-refractivity contribution in [3.63, 3.8) is 0 Å². The molecule has 1 heterocycles. The fraction of sp³-hybridized carbons (Fsp3) is 1.00. The molecule has 2 rings (SSSR count). The average molecular weight is 184 g/mol. The van der Waals surface area contributed by atoms with Crippen LogP contribution < -0.4 is 5.73 Å². The van der Waals surface area contributed by atoms with Crippen LogP contribution >= 0.6 is 0 Å². The molecule has 0 bridgehead atoms. The van der Waals surface area contributed by atoms with Gasteiger partial charge in [0.25, 0.3) is 0 Å². The predicted molar refractivity (Wildman–Crippen MR) is 57.7 cm³/mol. The molecule has 13 heavy (non-hydrogen) atoms. The van der Waals surface area contributed by atoms with Crippen LogP contribution in [0.25, 0.3) is 0 Å². The Hall–Kier alpha value is -0.0800. The molecule has 0 radical (unpaired) electrons. The Balaban J connectivity index is 0.000000396. The Labute approximate surface area is 82.5 Å². The zero-order valence-corrected chi connectivity index (χ0v) is 9.51. The van der Waals surface area contributed by atoms with Crippen LogP contribution in [-0.4, -0.2) is 31.1 Å². The molecule has 78 valence electrons. The zero-order chi connectivity index (χ0) is 10.1. The third kappa shape index (κ3) is 2.05. The van der Waals surface area contributed by atoms with E-state index in [9.17, 15) is 0 Å². The minimum atomic E-state index is 0.413. The highest BCUT2D eigenvalue weighted by Gasteiger charge is 2.52. The van der Waals surface area contributed by atoms with E-state index >= 15 is 0 Å². The van der Waals surface area contributed by atoms with E-state index in [1.165, 1.54) is 19.4 Å². The van der Waals surface area contributed by atoms with Crippen LogP contribution in [0.4, 0.5) is 0 Å². The van der Waals surface area contributed by atoms with Crippen LogP contribution in [0.2, 0.25) is 0 Å². The summed E-state index contributed by atoms with van der Waals surface area (Å²) >= 11 is 0. The minimum Gasteiger partial charge on any atom is -0.326 e. The number of hydrogen-bond donors (Lipinski definition) is 1. The largest absolute Gasteiger partial charge is 0.326 e. The van der Waals surface area contributed by atoms with Gasteiger partial charge in [0.1, 0.15) is 0 Å². The Kier molecular flexibility index (Phi) is 3.36. The van der Waals surface area contributed by atoms with E-state index in [1.807, 2.05) is 13.8 Å². The van der Waals surface area contributed by atoms with Crippen molar-refractivity contribution in [3.05, 3.63) is 0 Å². The van der Waals surface area contributed by atoms with Gasteiger partial charge in [-0.1, -0.05) is 20.8 Å². The lowest BCUT2D eigenvalue weighted by molar-refractivity contribution is 0.113. The summed E-state index contributed by atoms with van der Waals surface area (Å²) in [5.74, 6) is 0.749. The zero-order valence-electron chi connectivity index (χ0n) is 9.51. The lowest BCUT2D eigenvalue weighted by atomic mass is 9.81. The highest BCUT2D eigenvalue weighted by Crippen LogP contribution is 2.54. The molecule has 0 aromatic rings. The summed E-state index contributed by atoms with van der Waals surface area (Å²) in [5.41, 5.74) is 6.67. The Morgan fingerprint density at radius 1 is 1.31 bits per heavy atom. The summed E-state index contributed by atoms with van der Waals surface area (Å²) in [6.07, 6.45) is 2.82. The smallest absolute Gasteiger partial charge is 0.0199 e. The number of rotatable bonds is 0. The Bertz CT molecular complexity index is 163. The van der Waals surface area contributed by atoms with Gasteiger partial charge in [0.05, 0.1) is 0 Å². The Morgan fingerprint density at radius 3 is 2.31 bits per heavy atom. The SMILES string of the molecule is CC.CC1C(N)CN(C)CC12CC2. The van der Waals surface area contributed by atoms with E-state index in [0.717, 1.165) is 12.5 Å². The molecule has 2 fully saturated rings. The molecule has 2 atom stereocenters. The highest BCUT2D eigenvalue weighted by atomic mass is 15.1. The summed E-state index contributed by atoms with van der Waals surface area (Å²) in [4.78, 5) is 2.39. The second-order valence-corrected chi connectivity index (χ2v) is 4.51.